The van der Waals surface area contributed by atoms with Crippen LogP contribution in [0, 0.1) is 6.92 Å². The number of aryl methyl sites for hydroxylation is 1. The van der Waals surface area contributed by atoms with E-state index in [1.54, 1.807) is 16.4 Å². The molecule has 1 aromatic rings. The van der Waals surface area contributed by atoms with Gasteiger partial charge in [0.2, 0.25) is 10.0 Å². The minimum atomic E-state index is -3.46. The summed E-state index contributed by atoms with van der Waals surface area (Å²) in [5.74, 6) is 0. The van der Waals surface area contributed by atoms with Crippen LogP contribution in [0.25, 0.3) is 0 Å². The highest BCUT2D eigenvalue weighted by Crippen LogP contribution is 2.34. The average molecular weight is 333 g/mol. The van der Waals surface area contributed by atoms with Crippen LogP contribution >= 0.6 is 0 Å². The molecule has 0 saturated carbocycles. The summed E-state index contributed by atoms with van der Waals surface area (Å²) in [4.78, 5) is 0.379. The maximum atomic E-state index is 13.0. The van der Waals surface area contributed by atoms with Gasteiger partial charge in [-0.25, -0.2) is 8.42 Å². The molecule has 0 unspecified atom stereocenters. The second-order valence-corrected chi connectivity index (χ2v) is 8.15. The van der Waals surface area contributed by atoms with Crippen molar-refractivity contribution < 1.29 is 8.42 Å². The van der Waals surface area contributed by atoms with E-state index in [4.69, 9.17) is 0 Å². The van der Waals surface area contributed by atoms with Gasteiger partial charge in [-0.2, -0.15) is 4.31 Å². The van der Waals surface area contributed by atoms with Crippen LogP contribution in [-0.2, 0) is 10.0 Å². The van der Waals surface area contributed by atoms with Gasteiger partial charge in [-0.3, -0.25) is 0 Å². The Morgan fingerprint density at radius 2 is 1.96 bits per heavy atom. The van der Waals surface area contributed by atoms with Gasteiger partial charge in [0.1, 0.15) is 0 Å². The molecule has 1 heterocycles. The maximum absolute atomic E-state index is 13.0. The third-order valence-corrected chi connectivity index (χ3v) is 6.49. The van der Waals surface area contributed by atoms with Crippen LogP contribution < -0.4 is 0 Å². The van der Waals surface area contributed by atoms with E-state index in [1.165, 1.54) is 11.1 Å². The molecular weight excluding hydrogens is 306 g/mol. The topological polar surface area (TPSA) is 37.4 Å². The smallest absolute Gasteiger partial charge is 0.207 e. The number of allylic oxidation sites excluding steroid dienone is 1. The van der Waals surface area contributed by atoms with E-state index in [0.29, 0.717) is 11.4 Å². The Morgan fingerprint density at radius 1 is 1.30 bits per heavy atom. The molecule has 0 fully saturated rings. The largest absolute Gasteiger partial charge is 0.243 e. The summed E-state index contributed by atoms with van der Waals surface area (Å²) in [6.45, 7) is 10.4. The van der Waals surface area contributed by atoms with E-state index in [0.717, 1.165) is 31.2 Å². The molecule has 23 heavy (non-hydrogen) atoms. The van der Waals surface area contributed by atoms with Gasteiger partial charge >= 0.3 is 0 Å². The van der Waals surface area contributed by atoms with E-state index in [1.807, 2.05) is 32.1 Å². The first-order valence-electron chi connectivity index (χ1n) is 8.32. The van der Waals surface area contributed by atoms with Gasteiger partial charge in [-0.05, 0) is 50.8 Å². The molecule has 0 radical (unpaired) electrons. The zero-order valence-electron chi connectivity index (χ0n) is 14.4. The Balaban J connectivity index is 2.31. The number of benzene rings is 1. The minimum absolute atomic E-state index is 0.0915. The molecule has 1 aliphatic heterocycles. The first kappa shape index (κ1) is 18.0. The fraction of sp³-hybridized carbons (Fsp3) is 0.474. The molecule has 2 rings (SSSR count). The Morgan fingerprint density at radius 3 is 2.52 bits per heavy atom. The zero-order chi connectivity index (χ0) is 17.0. The molecule has 1 aliphatic rings. The van der Waals surface area contributed by atoms with Crippen molar-refractivity contribution in [1.82, 2.24) is 4.31 Å². The molecular formula is C19H27NO2S. The number of nitrogens with zero attached hydrogens (tertiary/aromatic N) is 1. The van der Waals surface area contributed by atoms with Crippen molar-refractivity contribution >= 4 is 10.0 Å². The molecule has 4 heteroatoms. The molecule has 0 N–H and O–H groups in total. The molecule has 1 aromatic carbocycles. The van der Waals surface area contributed by atoms with E-state index in [2.05, 4.69) is 13.5 Å². The molecule has 0 bridgehead atoms. The summed E-state index contributed by atoms with van der Waals surface area (Å²) in [5.41, 5.74) is 3.56. The molecule has 126 valence electrons. The number of rotatable bonds is 7. The quantitative estimate of drug-likeness (QED) is 0.691. The lowest BCUT2D eigenvalue weighted by molar-refractivity contribution is 0.414. The lowest BCUT2D eigenvalue weighted by atomic mass is 9.99. The third-order valence-electron chi connectivity index (χ3n) is 4.56. The fourth-order valence-electron chi connectivity index (χ4n) is 3.13. The zero-order valence-corrected chi connectivity index (χ0v) is 15.2. The predicted octanol–water partition coefficient (Wildman–Crippen LogP) is 4.45. The predicted molar refractivity (Wildman–Crippen MR) is 95.9 cm³/mol. The van der Waals surface area contributed by atoms with Crippen molar-refractivity contribution in [3.8, 4) is 0 Å². The molecule has 3 nitrogen and oxygen atoms in total. The van der Waals surface area contributed by atoms with Gasteiger partial charge in [-0.15, -0.1) is 6.58 Å². The third kappa shape index (κ3) is 3.75. The molecule has 1 atom stereocenters. The normalized spacial score (nSPS) is 19.3. The summed E-state index contributed by atoms with van der Waals surface area (Å²) >= 11 is 0. The second-order valence-electron chi connectivity index (χ2n) is 6.26. The fourth-order valence-corrected chi connectivity index (χ4v) is 4.75. The van der Waals surface area contributed by atoms with Gasteiger partial charge in [-0.1, -0.05) is 42.7 Å². The number of hydrogen-bond acceptors (Lipinski definition) is 2. The number of hydrogen-bond donors (Lipinski definition) is 0. The van der Waals surface area contributed by atoms with E-state index >= 15 is 0 Å². The molecule has 0 saturated heterocycles. The van der Waals surface area contributed by atoms with Crippen LogP contribution in [0.1, 0.15) is 45.1 Å². The monoisotopic (exact) mass is 333 g/mol. The standard InChI is InChI=1S/C19H27NO2S/c1-5-7-9-17-14-20(16(4)19(17)8-6-2)23(21,22)18-12-10-15(3)11-13-18/h6,10-13,16H,2,5,7-9,14H2,1,3-4H3/t16-/m0/s1. The van der Waals surface area contributed by atoms with E-state index in [-0.39, 0.29) is 6.04 Å². The van der Waals surface area contributed by atoms with Gasteiger partial charge in [0.05, 0.1) is 4.90 Å². The van der Waals surface area contributed by atoms with Crippen molar-refractivity contribution in [3.63, 3.8) is 0 Å². The number of unbranched alkanes of at least 4 members (excludes halogenated alkanes) is 1. The van der Waals surface area contributed by atoms with E-state index < -0.39 is 10.0 Å². The lowest BCUT2D eigenvalue weighted by Gasteiger charge is -2.23. The SMILES string of the molecule is C=CCC1=C(CCCC)CN(S(=O)(=O)c2ccc(C)cc2)[C@H]1C. The van der Waals surface area contributed by atoms with E-state index in [9.17, 15) is 8.42 Å². The minimum Gasteiger partial charge on any atom is -0.207 e. The molecule has 0 aromatic heterocycles. The Hall–Kier alpha value is -1.39. The highest BCUT2D eigenvalue weighted by atomic mass is 32.2. The summed E-state index contributed by atoms with van der Waals surface area (Å²) < 4.78 is 27.6. The Labute approximate surface area is 140 Å². The summed E-state index contributed by atoms with van der Waals surface area (Å²) in [6, 6.07) is 7.02. The van der Waals surface area contributed by atoms with Crippen LogP contribution in [-0.4, -0.2) is 25.3 Å². The van der Waals surface area contributed by atoms with Crippen molar-refractivity contribution in [2.75, 3.05) is 6.54 Å². The van der Waals surface area contributed by atoms with Gasteiger partial charge in [0.25, 0.3) is 0 Å². The molecule has 0 amide bonds. The summed E-state index contributed by atoms with van der Waals surface area (Å²) in [5, 5.41) is 0. The molecule has 0 aliphatic carbocycles. The lowest BCUT2D eigenvalue weighted by Crippen LogP contribution is -2.35. The van der Waals surface area contributed by atoms with Crippen molar-refractivity contribution in [2.24, 2.45) is 0 Å². The highest BCUT2D eigenvalue weighted by molar-refractivity contribution is 7.89. The highest BCUT2D eigenvalue weighted by Gasteiger charge is 2.37. The molecule has 0 spiro atoms. The van der Waals surface area contributed by atoms with Gasteiger partial charge < -0.3 is 0 Å². The van der Waals surface area contributed by atoms with Crippen molar-refractivity contribution in [2.45, 2.75) is 57.4 Å². The first-order valence-corrected chi connectivity index (χ1v) is 9.76. The number of sulfonamides is 1. The van der Waals surface area contributed by atoms with Crippen molar-refractivity contribution in [1.29, 1.82) is 0 Å². The second kappa shape index (κ2) is 7.45. The maximum Gasteiger partial charge on any atom is 0.243 e. The van der Waals surface area contributed by atoms with Gasteiger partial charge in [0, 0.05) is 12.6 Å². The van der Waals surface area contributed by atoms with Crippen LogP contribution in [0.3, 0.4) is 0 Å². The van der Waals surface area contributed by atoms with Crippen LogP contribution in [0.2, 0.25) is 0 Å². The average Bonchev–Trinajstić information content (AvgIpc) is 2.83. The Bertz CT molecular complexity index is 687. The first-order chi connectivity index (χ1) is 10.9. The summed E-state index contributed by atoms with van der Waals surface area (Å²) in [7, 11) is -3.46. The van der Waals surface area contributed by atoms with Gasteiger partial charge in [0.15, 0.2) is 0 Å². The summed E-state index contributed by atoms with van der Waals surface area (Å²) in [6.07, 6.45) is 5.83. The van der Waals surface area contributed by atoms with Crippen LogP contribution in [0.15, 0.2) is 53.0 Å². The van der Waals surface area contributed by atoms with Crippen molar-refractivity contribution in [3.05, 3.63) is 53.6 Å². The van der Waals surface area contributed by atoms with Crippen LogP contribution in [0.4, 0.5) is 0 Å². The van der Waals surface area contributed by atoms with Crippen LogP contribution in [0.5, 0.6) is 0 Å². The Kier molecular flexibility index (Phi) is 5.82.